The summed E-state index contributed by atoms with van der Waals surface area (Å²) in [4.78, 5) is 27.3. The molecule has 1 aliphatic rings. The lowest BCUT2D eigenvalue weighted by Gasteiger charge is -2.23. The number of aliphatic hydroxyl groups is 1. The minimum atomic E-state index is -0.873. The average molecular weight is 403 g/mol. The van der Waals surface area contributed by atoms with Gasteiger partial charge in [-0.1, -0.05) is 37.3 Å². The van der Waals surface area contributed by atoms with Crippen LogP contribution in [0.4, 0.5) is 5.69 Å². The van der Waals surface area contributed by atoms with E-state index in [9.17, 15) is 14.7 Å². The second-order valence-electron chi connectivity index (χ2n) is 6.90. The fourth-order valence-corrected chi connectivity index (χ4v) is 3.51. The lowest BCUT2D eigenvalue weighted by molar-refractivity contribution is -0.132. The minimum Gasteiger partial charge on any atom is -0.507 e. The number of para-hydroxylation sites is 1. The Balaban J connectivity index is 1.85. The van der Waals surface area contributed by atoms with Crippen molar-refractivity contribution in [3.05, 3.63) is 89.9 Å². The molecule has 2 heterocycles. The van der Waals surface area contributed by atoms with E-state index < -0.39 is 17.7 Å². The number of Topliss-reactive ketones (excluding diaryl/α,β-unsaturated/α-hetero) is 1. The third-order valence-electron chi connectivity index (χ3n) is 4.87. The molecule has 1 aromatic heterocycles. The van der Waals surface area contributed by atoms with Gasteiger partial charge < -0.3 is 14.3 Å². The molecule has 0 saturated carbocycles. The number of rotatable bonds is 6. The van der Waals surface area contributed by atoms with Crippen molar-refractivity contribution in [2.75, 3.05) is 11.5 Å². The Kier molecular flexibility index (Phi) is 5.39. The Hall–Kier alpha value is -3.80. The molecular formula is C24H21NO5. The first-order valence-electron chi connectivity index (χ1n) is 9.74. The van der Waals surface area contributed by atoms with Crippen LogP contribution in [0.3, 0.4) is 0 Å². The highest BCUT2D eigenvalue weighted by Crippen LogP contribution is 2.42. The number of amides is 1. The van der Waals surface area contributed by atoms with E-state index in [1.807, 2.05) is 13.0 Å². The second kappa shape index (κ2) is 8.29. The molecule has 1 unspecified atom stereocenters. The van der Waals surface area contributed by atoms with Gasteiger partial charge in [-0.15, -0.1) is 0 Å². The molecule has 1 aliphatic heterocycles. The first-order chi connectivity index (χ1) is 14.6. The molecule has 152 valence electrons. The lowest BCUT2D eigenvalue weighted by atomic mass is 9.99. The highest BCUT2D eigenvalue weighted by molar-refractivity contribution is 6.51. The highest BCUT2D eigenvalue weighted by atomic mass is 16.5. The minimum absolute atomic E-state index is 0.0218. The summed E-state index contributed by atoms with van der Waals surface area (Å²) in [6.45, 7) is 2.53. The molecule has 3 aromatic rings. The number of aliphatic hydroxyl groups excluding tert-OH is 1. The largest absolute Gasteiger partial charge is 0.507 e. The summed E-state index contributed by atoms with van der Waals surface area (Å²) >= 11 is 0. The SMILES string of the molecule is CCCOc1cccc(/C(O)=C2/C(=O)C(=O)N(c3ccccc3)C2c2ccco2)c1. The van der Waals surface area contributed by atoms with Crippen LogP contribution in [0.2, 0.25) is 0 Å². The van der Waals surface area contributed by atoms with Crippen molar-refractivity contribution in [1.29, 1.82) is 0 Å². The van der Waals surface area contributed by atoms with Gasteiger partial charge >= 0.3 is 0 Å². The number of ketones is 1. The van der Waals surface area contributed by atoms with Gasteiger partial charge in [0, 0.05) is 11.3 Å². The fourth-order valence-electron chi connectivity index (χ4n) is 3.51. The van der Waals surface area contributed by atoms with Crippen molar-refractivity contribution in [2.45, 2.75) is 19.4 Å². The third kappa shape index (κ3) is 3.48. The lowest BCUT2D eigenvalue weighted by Crippen LogP contribution is -2.29. The Morgan fingerprint density at radius 1 is 1.07 bits per heavy atom. The Labute approximate surface area is 174 Å². The molecule has 4 rings (SSSR count). The molecule has 1 N–H and O–H groups in total. The monoisotopic (exact) mass is 403 g/mol. The van der Waals surface area contributed by atoms with E-state index in [0.717, 1.165) is 6.42 Å². The number of hydrogen-bond donors (Lipinski definition) is 1. The number of carbonyl (C=O) groups excluding carboxylic acids is 2. The summed E-state index contributed by atoms with van der Waals surface area (Å²) < 4.78 is 11.2. The van der Waals surface area contributed by atoms with Crippen LogP contribution in [0.15, 0.2) is 83.0 Å². The summed E-state index contributed by atoms with van der Waals surface area (Å²) in [5.41, 5.74) is 0.915. The van der Waals surface area contributed by atoms with E-state index in [1.54, 1.807) is 60.7 Å². The molecule has 1 amide bonds. The molecule has 0 radical (unpaired) electrons. The van der Waals surface area contributed by atoms with Crippen molar-refractivity contribution < 1.29 is 23.8 Å². The van der Waals surface area contributed by atoms with Crippen LogP contribution < -0.4 is 9.64 Å². The molecule has 0 spiro atoms. The van der Waals surface area contributed by atoms with Crippen LogP contribution in [0.5, 0.6) is 5.75 Å². The van der Waals surface area contributed by atoms with Crippen molar-refractivity contribution >= 4 is 23.1 Å². The number of hydrogen-bond acceptors (Lipinski definition) is 5. The van der Waals surface area contributed by atoms with Crippen LogP contribution in [-0.4, -0.2) is 23.4 Å². The third-order valence-corrected chi connectivity index (χ3v) is 4.87. The fraction of sp³-hybridized carbons (Fsp3) is 0.167. The molecule has 6 nitrogen and oxygen atoms in total. The summed E-state index contributed by atoms with van der Waals surface area (Å²) in [6, 6.07) is 18.2. The maximum absolute atomic E-state index is 13.0. The average Bonchev–Trinajstić information content (AvgIpc) is 3.40. The first kappa shape index (κ1) is 19.5. The van der Waals surface area contributed by atoms with Gasteiger partial charge in [-0.25, -0.2) is 0 Å². The zero-order valence-corrected chi connectivity index (χ0v) is 16.4. The molecule has 0 bridgehead atoms. The van der Waals surface area contributed by atoms with Crippen molar-refractivity contribution in [2.24, 2.45) is 0 Å². The van der Waals surface area contributed by atoms with Gasteiger partial charge in [-0.05, 0) is 42.8 Å². The quantitative estimate of drug-likeness (QED) is 0.367. The zero-order valence-electron chi connectivity index (χ0n) is 16.4. The molecule has 0 aliphatic carbocycles. The van der Waals surface area contributed by atoms with Crippen LogP contribution in [0.25, 0.3) is 5.76 Å². The molecule has 2 aromatic carbocycles. The standard InChI is InChI=1S/C24H21NO5/c1-2-13-29-18-11-6-8-16(15-18)22(26)20-21(19-12-7-14-30-19)25(24(28)23(20)27)17-9-4-3-5-10-17/h3-12,14-15,21,26H,2,13H2,1H3/b22-20-. The van der Waals surface area contributed by atoms with Gasteiger partial charge in [0.15, 0.2) is 0 Å². The second-order valence-corrected chi connectivity index (χ2v) is 6.90. The Bertz CT molecular complexity index is 1090. The van der Waals surface area contributed by atoms with E-state index in [2.05, 4.69) is 0 Å². The van der Waals surface area contributed by atoms with Gasteiger partial charge in [0.1, 0.15) is 23.3 Å². The van der Waals surface area contributed by atoms with E-state index in [-0.39, 0.29) is 11.3 Å². The van der Waals surface area contributed by atoms with Crippen LogP contribution in [-0.2, 0) is 9.59 Å². The summed E-state index contributed by atoms with van der Waals surface area (Å²) in [7, 11) is 0. The van der Waals surface area contributed by atoms with E-state index in [1.165, 1.54) is 11.2 Å². The molecule has 1 saturated heterocycles. The van der Waals surface area contributed by atoms with Crippen LogP contribution in [0, 0.1) is 0 Å². The van der Waals surface area contributed by atoms with Crippen LogP contribution >= 0.6 is 0 Å². The number of furan rings is 1. The van der Waals surface area contributed by atoms with E-state index >= 15 is 0 Å². The smallest absolute Gasteiger partial charge is 0.300 e. The number of nitrogens with zero attached hydrogens (tertiary/aromatic N) is 1. The number of carbonyl (C=O) groups is 2. The first-order valence-corrected chi connectivity index (χ1v) is 9.74. The Morgan fingerprint density at radius 2 is 1.87 bits per heavy atom. The summed E-state index contributed by atoms with van der Waals surface area (Å²) in [6.07, 6.45) is 2.32. The molecule has 1 atom stereocenters. The van der Waals surface area contributed by atoms with Gasteiger partial charge in [0.25, 0.3) is 11.7 Å². The van der Waals surface area contributed by atoms with Crippen molar-refractivity contribution in [3.63, 3.8) is 0 Å². The molecule has 30 heavy (non-hydrogen) atoms. The van der Waals surface area contributed by atoms with Gasteiger partial charge in [-0.2, -0.15) is 0 Å². The van der Waals surface area contributed by atoms with E-state index in [0.29, 0.717) is 29.4 Å². The van der Waals surface area contributed by atoms with Gasteiger partial charge in [0.05, 0.1) is 18.4 Å². The number of benzene rings is 2. The van der Waals surface area contributed by atoms with Crippen molar-refractivity contribution in [3.8, 4) is 5.75 Å². The van der Waals surface area contributed by atoms with Crippen LogP contribution in [0.1, 0.15) is 30.7 Å². The molecule has 1 fully saturated rings. The summed E-state index contributed by atoms with van der Waals surface area (Å²) in [5, 5.41) is 11.1. The zero-order chi connectivity index (χ0) is 21.1. The number of anilines is 1. The molecule has 6 heteroatoms. The Morgan fingerprint density at radius 3 is 2.57 bits per heavy atom. The van der Waals surface area contributed by atoms with E-state index in [4.69, 9.17) is 9.15 Å². The van der Waals surface area contributed by atoms with Gasteiger partial charge in [0.2, 0.25) is 0 Å². The maximum Gasteiger partial charge on any atom is 0.300 e. The number of ether oxygens (including phenoxy) is 1. The molecular weight excluding hydrogens is 382 g/mol. The predicted octanol–water partition coefficient (Wildman–Crippen LogP) is 4.69. The predicted molar refractivity (Wildman–Crippen MR) is 112 cm³/mol. The normalized spacial score (nSPS) is 18.0. The summed E-state index contributed by atoms with van der Waals surface area (Å²) in [5.74, 6) is -0.791. The topological polar surface area (TPSA) is 80.0 Å². The van der Waals surface area contributed by atoms with Gasteiger partial charge in [-0.3, -0.25) is 14.5 Å². The maximum atomic E-state index is 13.0. The van der Waals surface area contributed by atoms with Crippen molar-refractivity contribution in [1.82, 2.24) is 0 Å². The highest BCUT2D eigenvalue weighted by Gasteiger charge is 2.48.